The van der Waals surface area contributed by atoms with Crippen LogP contribution in [0.15, 0.2) is 11.6 Å². The van der Waals surface area contributed by atoms with Gasteiger partial charge in [0.2, 0.25) is 0 Å². The molecule has 4 saturated carbocycles. The number of ether oxygens (including phenoxy) is 2. The van der Waals surface area contributed by atoms with E-state index in [4.69, 9.17) is 9.47 Å². The summed E-state index contributed by atoms with van der Waals surface area (Å²) < 4.78 is 12.0. The SMILES string of the molecule is CC1(C)CC[C@]2(C3COCO3)CC[C@]3(C)C(C(=O)C[C@@H]4[C@@]5(C)C=C(C#N)C(=O)C(C)(C)[C@@H]5CC[C@]43C)C2C1. The number of Topliss-reactive ketones (excluding diaryl/α,β-unsaturated/α-hetero) is 2. The zero-order valence-corrected chi connectivity index (χ0v) is 24.6. The molecule has 0 bridgehead atoms. The molecule has 0 aromatic rings. The van der Waals surface area contributed by atoms with Gasteiger partial charge in [0.05, 0.1) is 18.3 Å². The van der Waals surface area contributed by atoms with Crippen molar-refractivity contribution in [2.75, 3.05) is 13.4 Å². The smallest absolute Gasteiger partial charge is 0.178 e. The molecule has 5 fully saturated rings. The lowest BCUT2D eigenvalue weighted by molar-refractivity contribution is -0.234. The number of allylic oxidation sites excluding steroid dienone is 2. The van der Waals surface area contributed by atoms with Crippen molar-refractivity contribution in [1.29, 1.82) is 5.26 Å². The van der Waals surface area contributed by atoms with Gasteiger partial charge < -0.3 is 9.47 Å². The van der Waals surface area contributed by atoms with Gasteiger partial charge in [-0.05, 0) is 84.4 Å². The quantitative estimate of drug-likeness (QED) is 0.386. The molecule has 1 aliphatic heterocycles. The van der Waals surface area contributed by atoms with Crippen molar-refractivity contribution >= 4 is 11.6 Å². The summed E-state index contributed by atoms with van der Waals surface area (Å²) in [5.41, 5.74) is -0.560. The van der Waals surface area contributed by atoms with E-state index in [2.05, 4.69) is 40.7 Å². The average Bonchev–Trinajstić information content (AvgIpc) is 3.38. The fraction of sp³-hybridized carbons (Fsp3) is 0.848. The molecule has 0 aromatic carbocycles. The van der Waals surface area contributed by atoms with E-state index in [1.165, 1.54) is 6.42 Å². The van der Waals surface area contributed by atoms with Crippen LogP contribution in [0, 0.1) is 67.5 Å². The first-order valence-electron chi connectivity index (χ1n) is 15.1. The van der Waals surface area contributed by atoms with E-state index in [1.807, 2.05) is 19.9 Å². The van der Waals surface area contributed by atoms with Gasteiger partial charge in [-0.3, -0.25) is 9.59 Å². The molecule has 9 atom stereocenters. The Morgan fingerprint density at radius 3 is 2.29 bits per heavy atom. The molecule has 0 N–H and O–H groups in total. The van der Waals surface area contributed by atoms with Crippen LogP contribution in [0.2, 0.25) is 0 Å². The largest absolute Gasteiger partial charge is 0.353 e. The van der Waals surface area contributed by atoms with Gasteiger partial charge in [0.1, 0.15) is 18.6 Å². The summed E-state index contributed by atoms with van der Waals surface area (Å²) in [7, 11) is 0. The summed E-state index contributed by atoms with van der Waals surface area (Å²) in [4.78, 5) is 27.9. The van der Waals surface area contributed by atoms with Gasteiger partial charge in [0.15, 0.2) is 5.78 Å². The molecule has 5 aliphatic carbocycles. The Hall–Kier alpha value is -1.51. The molecule has 0 aromatic heterocycles. The van der Waals surface area contributed by atoms with E-state index in [9.17, 15) is 14.9 Å². The number of rotatable bonds is 1. The van der Waals surface area contributed by atoms with Crippen LogP contribution in [-0.4, -0.2) is 31.1 Å². The molecular formula is C33H47NO4. The number of carbonyl (C=O) groups excluding carboxylic acids is 2. The first-order chi connectivity index (χ1) is 17.7. The van der Waals surface area contributed by atoms with Gasteiger partial charge in [-0.1, -0.05) is 54.5 Å². The summed E-state index contributed by atoms with van der Waals surface area (Å²) >= 11 is 0. The second-order valence-corrected chi connectivity index (χ2v) is 16.1. The Kier molecular flexibility index (Phi) is 5.64. The van der Waals surface area contributed by atoms with Crippen molar-refractivity contribution in [2.24, 2.45) is 56.2 Å². The summed E-state index contributed by atoms with van der Waals surface area (Å²) in [5, 5.41) is 9.93. The van der Waals surface area contributed by atoms with Crippen LogP contribution < -0.4 is 0 Å². The van der Waals surface area contributed by atoms with Crippen LogP contribution in [0.4, 0.5) is 0 Å². The minimum Gasteiger partial charge on any atom is -0.353 e. The number of ketones is 2. The molecule has 3 unspecified atom stereocenters. The monoisotopic (exact) mass is 521 g/mol. The molecular weight excluding hydrogens is 474 g/mol. The molecule has 0 radical (unpaired) electrons. The number of nitrogens with zero attached hydrogens (tertiary/aromatic N) is 1. The second kappa shape index (κ2) is 8.03. The Morgan fingerprint density at radius 1 is 0.921 bits per heavy atom. The zero-order chi connectivity index (χ0) is 27.5. The normalized spacial score (nSPS) is 51.1. The average molecular weight is 522 g/mol. The maximum absolute atomic E-state index is 14.6. The third-order valence-corrected chi connectivity index (χ3v) is 13.8. The van der Waals surface area contributed by atoms with Crippen LogP contribution in [0.25, 0.3) is 0 Å². The van der Waals surface area contributed by atoms with Crippen LogP contribution in [0.3, 0.4) is 0 Å². The lowest BCUT2D eigenvalue weighted by Crippen LogP contribution is -2.69. The van der Waals surface area contributed by atoms with E-state index in [0.717, 1.165) is 38.5 Å². The molecule has 0 amide bonds. The van der Waals surface area contributed by atoms with Crippen molar-refractivity contribution in [2.45, 2.75) is 106 Å². The molecule has 38 heavy (non-hydrogen) atoms. The predicted octanol–water partition coefficient (Wildman–Crippen LogP) is 6.66. The molecule has 5 nitrogen and oxygen atoms in total. The number of hydrogen-bond acceptors (Lipinski definition) is 5. The predicted molar refractivity (Wildman–Crippen MR) is 145 cm³/mol. The van der Waals surface area contributed by atoms with Crippen LogP contribution in [0.5, 0.6) is 0 Å². The summed E-state index contributed by atoms with van der Waals surface area (Å²) in [6, 6.07) is 2.24. The van der Waals surface area contributed by atoms with Crippen LogP contribution in [-0.2, 0) is 19.1 Å². The Morgan fingerprint density at radius 2 is 1.63 bits per heavy atom. The third-order valence-electron chi connectivity index (χ3n) is 13.8. The molecule has 1 heterocycles. The fourth-order valence-electron chi connectivity index (χ4n) is 11.6. The second-order valence-electron chi connectivity index (χ2n) is 16.1. The van der Waals surface area contributed by atoms with Gasteiger partial charge in [-0.15, -0.1) is 0 Å². The van der Waals surface area contributed by atoms with Crippen molar-refractivity contribution in [3.05, 3.63) is 11.6 Å². The van der Waals surface area contributed by atoms with E-state index < -0.39 is 5.41 Å². The Balaban J connectivity index is 1.46. The number of fused-ring (bicyclic) bond motifs is 7. The van der Waals surface area contributed by atoms with Crippen molar-refractivity contribution in [3.8, 4) is 6.07 Å². The first kappa shape index (κ1) is 26.7. The first-order valence-corrected chi connectivity index (χ1v) is 15.1. The lowest BCUT2D eigenvalue weighted by atomic mass is 9.31. The molecule has 6 rings (SSSR count). The molecule has 1 saturated heterocycles. The number of nitriles is 1. The van der Waals surface area contributed by atoms with Gasteiger partial charge in [-0.2, -0.15) is 5.26 Å². The van der Waals surface area contributed by atoms with Crippen molar-refractivity contribution in [1.82, 2.24) is 0 Å². The Labute approximate surface area is 229 Å². The maximum atomic E-state index is 14.6. The maximum Gasteiger partial charge on any atom is 0.178 e. The molecule has 5 heteroatoms. The lowest BCUT2D eigenvalue weighted by Gasteiger charge is -2.72. The molecule has 0 spiro atoms. The van der Waals surface area contributed by atoms with Crippen molar-refractivity contribution in [3.63, 3.8) is 0 Å². The standard InChI is InChI=1S/C33H47NO4/c1-28(2)10-12-33(25-18-37-19-38-25)13-11-32(7)26(21(33)16-28)22(35)14-24-30(5)15-20(17-34)27(36)29(3,4)23(30)8-9-31(24,32)6/h15,21,23-26H,8-14,16,18-19H2,1-7H3/t21?,23-,24+,25?,26?,30-,31+,32+,33-/m0/s1. The van der Waals surface area contributed by atoms with Crippen LogP contribution in [0.1, 0.15) is 99.8 Å². The number of hydrogen-bond donors (Lipinski definition) is 0. The Bertz CT molecular complexity index is 1140. The van der Waals surface area contributed by atoms with E-state index >= 15 is 0 Å². The minimum absolute atomic E-state index is 0.0171. The zero-order valence-electron chi connectivity index (χ0n) is 24.6. The fourth-order valence-corrected chi connectivity index (χ4v) is 11.6. The topological polar surface area (TPSA) is 76.4 Å². The van der Waals surface area contributed by atoms with Crippen molar-refractivity contribution < 1.29 is 19.1 Å². The third kappa shape index (κ3) is 3.17. The molecule has 6 aliphatic rings. The highest BCUT2D eigenvalue weighted by Crippen LogP contribution is 2.76. The minimum atomic E-state index is -0.592. The van der Waals surface area contributed by atoms with Gasteiger partial charge in [0, 0.05) is 23.2 Å². The number of carbonyl (C=O) groups is 2. The highest BCUT2D eigenvalue weighted by molar-refractivity contribution is 6.04. The van der Waals surface area contributed by atoms with Crippen LogP contribution >= 0.6 is 0 Å². The summed E-state index contributed by atoms with van der Waals surface area (Å²) in [6.07, 6.45) is 10.1. The summed E-state index contributed by atoms with van der Waals surface area (Å²) in [5.74, 6) is 1.01. The van der Waals surface area contributed by atoms with E-state index in [-0.39, 0.29) is 56.7 Å². The highest BCUT2D eigenvalue weighted by atomic mass is 16.7. The highest BCUT2D eigenvalue weighted by Gasteiger charge is 2.73. The van der Waals surface area contributed by atoms with E-state index in [0.29, 0.717) is 37.1 Å². The van der Waals surface area contributed by atoms with E-state index in [1.54, 1.807) is 0 Å². The van der Waals surface area contributed by atoms with Gasteiger partial charge in [0.25, 0.3) is 0 Å². The summed E-state index contributed by atoms with van der Waals surface area (Å²) in [6.45, 7) is 17.0. The van der Waals surface area contributed by atoms with Gasteiger partial charge in [-0.25, -0.2) is 0 Å². The van der Waals surface area contributed by atoms with Gasteiger partial charge >= 0.3 is 0 Å². The molecule has 208 valence electrons.